The molecule has 7 rings (SSSR count). The van der Waals surface area contributed by atoms with Crippen LogP contribution in [0.2, 0.25) is 5.02 Å². The molecule has 0 bridgehead atoms. The van der Waals surface area contributed by atoms with Crippen LogP contribution in [0, 0.1) is 0 Å². The molecule has 2 aliphatic carbocycles. The van der Waals surface area contributed by atoms with Gasteiger partial charge in [-0.15, -0.1) is 0 Å². The predicted molar refractivity (Wildman–Crippen MR) is 141 cm³/mol. The third kappa shape index (κ3) is 3.44. The van der Waals surface area contributed by atoms with E-state index in [1.54, 1.807) is 0 Å². The zero-order chi connectivity index (χ0) is 24.4. The fraction of sp³-hybridized carbons (Fsp3) is 0.593. The molecule has 8 nitrogen and oxygen atoms in total. The summed E-state index contributed by atoms with van der Waals surface area (Å²) in [6, 6.07) is 5.07. The van der Waals surface area contributed by atoms with Crippen molar-refractivity contribution in [3.8, 4) is 5.75 Å². The van der Waals surface area contributed by atoms with Crippen LogP contribution < -0.4 is 15.0 Å². The average molecular weight is 509 g/mol. The van der Waals surface area contributed by atoms with Crippen molar-refractivity contribution in [2.24, 2.45) is 4.99 Å². The number of benzene rings is 1. The Hall–Kier alpha value is -2.74. The van der Waals surface area contributed by atoms with Gasteiger partial charge in [-0.25, -0.2) is 4.99 Å². The number of hydrogen-bond donors (Lipinski definition) is 1. The van der Waals surface area contributed by atoms with Crippen molar-refractivity contribution in [2.45, 2.75) is 89.4 Å². The molecule has 190 valence electrons. The molecule has 9 heteroatoms. The van der Waals surface area contributed by atoms with Gasteiger partial charge >= 0.3 is 0 Å². The van der Waals surface area contributed by atoms with Gasteiger partial charge in [0.15, 0.2) is 11.5 Å². The summed E-state index contributed by atoms with van der Waals surface area (Å²) in [5, 5.41) is 4.38. The number of carbonyl (C=O) groups excluding carboxylic acids is 1. The number of aromatic nitrogens is 2. The number of ether oxygens (including phenoxy) is 1. The molecule has 1 aromatic carbocycles. The van der Waals surface area contributed by atoms with Gasteiger partial charge in [-0.2, -0.15) is 4.98 Å². The number of imidazole rings is 1. The highest BCUT2D eigenvalue weighted by Crippen LogP contribution is 2.42. The van der Waals surface area contributed by atoms with Crippen molar-refractivity contribution in [1.82, 2.24) is 14.5 Å². The van der Waals surface area contributed by atoms with Gasteiger partial charge in [0.1, 0.15) is 5.75 Å². The van der Waals surface area contributed by atoms with Crippen LogP contribution in [0.1, 0.15) is 79.9 Å². The maximum atomic E-state index is 14.0. The van der Waals surface area contributed by atoms with E-state index in [9.17, 15) is 4.79 Å². The number of amides is 1. The number of anilines is 2. The SMILES string of the molecule is CCN1C(=O)c2c(nc(NC3CCCCC3)n2Cc2cc(Cl)c3c(c2)CCO3)N2C1=N[C@@H]1CCC[C@@H]12. The Bertz CT molecular complexity index is 1250. The number of fused-ring (bicyclic) bond motifs is 6. The number of aliphatic imine (C=N–C) groups is 1. The van der Waals surface area contributed by atoms with E-state index in [4.69, 9.17) is 26.3 Å². The Morgan fingerprint density at radius 3 is 2.83 bits per heavy atom. The summed E-state index contributed by atoms with van der Waals surface area (Å²) in [5.41, 5.74) is 2.86. The second-order valence-corrected chi connectivity index (χ2v) is 11.2. The Kier molecular flexibility index (Phi) is 5.42. The van der Waals surface area contributed by atoms with E-state index < -0.39 is 0 Å². The van der Waals surface area contributed by atoms with Crippen LogP contribution in [0.4, 0.5) is 11.8 Å². The minimum Gasteiger partial charge on any atom is -0.491 e. The van der Waals surface area contributed by atoms with Gasteiger partial charge in [0.2, 0.25) is 11.9 Å². The van der Waals surface area contributed by atoms with Crippen molar-refractivity contribution in [1.29, 1.82) is 0 Å². The summed E-state index contributed by atoms with van der Waals surface area (Å²) in [6.07, 6.45) is 10.2. The molecule has 5 aliphatic rings. The highest BCUT2D eigenvalue weighted by Gasteiger charge is 2.49. The molecular weight excluding hydrogens is 476 g/mol. The van der Waals surface area contributed by atoms with Gasteiger partial charge in [-0.1, -0.05) is 36.9 Å². The van der Waals surface area contributed by atoms with Crippen molar-refractivity contribution < 1.29 is 9.53 Å². The lowest BCUT2D eigenvalue weighted by Crippen LogP contribution is -2.53. The first kappa shape index (κ1) is 22.5. The van der Waals surface area contributed by atoms with E-state index in [0.29, 0.717) is 42.5 Å². The van der Waals surface area contributed by atoms with Crippen molar-refractivity contribution in [2.75, 3.05) is 23.4 Å². The van der Waals surface area contributed by atoms with Crippen LogP contribution >= 0.6 is 11.6 Å². The molecule has 1 N–H and O–H groups in total. The maximum absolute atomic E-state index is 14.0. The van der Waals surface area contributed by atoms with Crippen molar-refractivity contribution >= 4 is 35.2 Å². The minimum absolute atomic E-state index is 0.0118. The number of rotatable bonds is 5. The quantitative estimate of drug-likeness (QED) is 0.625. The Labute approximate surface area is 216 Å². The van der Waals surface area contributed by atoms with E-state index in [1.807, 2.05) is 17.9 Å². The summed E-state index contributed by atoms with van der Waals surface area (Å²) in [5.74, 6) is 3.13. The molecule has 0 unspecified atom stereocenters. The standard InChI is InChI=1S/C27H33ClN6O2/c1-2-32-25(35)22-24(34-21-10-6-9-20(21)30-27(32)34)31-26(29-18-7-4-3-5-8-18)33(22)15-16-13-17-11-12-36-23(17)19(28)14-16/h13-14,18,20-21H,2-12,15H2,1H3,(H,29,31)/t20-,21+/m1/s1. The van der Waals surface area contributed by atoms with E-state index >= 15 is 0 Å². The first-order chi connectivity index (χ1) is 17.6. The molecule has 2 fully saturated rings. The van der Waals surface area contributed by atoms with Crippen LogP contribution in [-0.2, 0) is 13.0 Å². The number of hydrogen-bond acceptors (Lipinski definition) is 6. The van der Waals surface area contributed by atoms with E-state index in [0.717, 1.165) is 66.7 Å². The lowest BCUT2D eigenvalue weighted by Gasteiger charge is -2.35. The van der Waals surface area contributed by atoms with Crippen LogP contribution in [0.25, 0.3) is 0 Å². The van der Waals surface area contributed by atoms with Gasteiger partial charge in [0.25, 0.3) is 5.91 Å². The monoisotopic (exact) mass is 508 g/mol. The average Bonchev–Trinajstić information content (AvgIpc) is 3.64. The fourth-order valence-corrected chi connectivity index (χ4v) is 7.11. The number of guanidine groups is 1. The molecule has 2 aromatic rings. The second-order valence-electron chi connectivity index (χ2n) is 10.8. The summed E-state index contributed by atoms with van der Waals surface area (Å²) in [7, 11) is 0. The molecule has 0 radical (unpaired) electrons. The highest BCUT2D eigenvalue weighted by molar-refractivity contribution is 6.32. The van der Waals surface area contributed by atoms with Gasteiger partial charge in [0.05, 0.1) is 30.3 Å². The normalized spacial score (nSPS) is 24.8. The van der Waals surface area contributed by atoms with Gasteiger partial charge in [-0.3, -0.25) is 19.2 Å². The Morgan fingerprint density at radius 2 is 2.00 bits per heavy atom. The predicted octanol–water partition coefficient (Wildman–Crippen LogP) is 4.84. The molecule has 0 spiro atoms. The summed E-state index contributed by atoms with van der Waals surface area (Å²) < 4.78 is 7.82. The number of halogens is 1. The van der Waals surface area contributed by atoms with Crippen molar-refractivity contribution in [3.05, 3.63) is 34.0 Å². The third-order valence-electron chi connectivity index (χ3n) is 8.53. The molecule has 0 saturated heterocycles. The molecular formula is C27H33ClN6O2. The zero-order valence-corrected chi connectivity index (χ0v) is 21.6. The van der Waals surface area contributed by atoms with Crippen molar-refractivity contribution in [3.63, 3.8) is 0 Å². The Morgan fingerprint density at radius 1 is 1.14 bits per heavy atom. The number of nitrogens with one attached hydrogen (secondary N) is 1. The fourth-order valence-electron chi connectivity index (χ4n) is 6.80. The van der Waals surface area contributed by atoms with Crippen LogP contribution in [0.15, 0.2) is 17.1 Å². The van der Waals surface area contributed by atoms with Crippen LogP contribution in [0.3, 0.4) is 0 Å². The largest absolute Gasteiger partial charge is 0.491 e. The molecule has 1 aromatic heterocycles. The van der Waals surface area contributed by atoms with Gasteiger partial charge in [-0.05, 0) is 56.2 Å². The molecule has 3 aliphatic heterocycles. The topological polar surface area (TPSA) is 75.0 Å². The molecule has 1 amide bonds. The van der Waals surface area contributed by atoms with E-state index in [2.05, 4.69) is 20.9 Å². The molecule has 4 heterocycles. The number of nitrogens with zero attached hydrogens (tertiary/aromatic N) is 5. The van der Waals surface area contributed by atoms with E-state index in [-0.39, 0.29) is 11.9 Å². The van der Waals surface area contributed by atoms with Gasteiger partial charge in [0, 0.05) is 19.0 Å². The van der Waals surface area contributed by atoms with Gasteiger partial charge < -0.3 is 10.1 Å². The summed E-state index contributed by atoms with van der Waals surface area (Å²) >= 11 is 6.60. The molecule has 2 saturated carbocycles. The first-order valence-electron chi connectivity index (χ1n) is 13.6. The zero-order valence-electron chi connectivity index (χ0n) is 20.8. The highest BCUT2D eigenvalue weighted by atomic mass is 35.5. The number of carbonyl (C=O) groups is 1. The summed E-state index contributed by atoms with van der Waals surface area (Å²) in [4.78, 5) is 28.2. The second kappa shape index (κ2) is 8.68. The Balaban J connectivity index is 1.34. The van der Waals surface area contributed by atoms with E-state index in [1.165, 1.54) is 25.7 Å². The maximum Gasteiger partial charge on any atom is 0.281 e. The molecule has 2 atom stereocenters. The minimum atomic E-state index is -0.0118. The third-order valence-corrected chi connectivity index (χ3v) is 8.81. The molecule has 36 heavy (non-hydrogen) atoms. The lowest BCUT2D eigenvalue weighted by molar-refractivity contribution is 0.0836. The lowest BCUT2D eigenvalue weighted by atomic mass is 9.96. The van der Waals surface area contributed by atoms with Crippen LogP contribution in [0.5, 0.6) is 5.75 Å². The van der Waals surface area contributed by atoms with Crippen LogP contribution in [-0.4, -0.2) is 57.6 Å². The smallest absolute Gasteiger partial charge is 0.281 e. The first-order valence-corrected chi connectivity index (χ1v) is 14.0. The summed E-state index contributed by atoms with van der Waals surface area (Å²) in [6.45, 7) is 3.81.